The molecule has 1 N–H and O–H groups in total. The third kappa shape index (κ3) is 4.18. The Labute approximate surface area is 150 Å². The minimum Gasteiger partial charge on any atom is -0.396 e. The van der Waals surface area contributed by atoms with E-state index in [0.717, 1.165) is 62.5 Å². The van der Waals surface area contributed by atoms with E-state index in [2.05, 4.69) is 49.1 Å². The Morgan fingerprint density at radius 2 is 1.76 bits per heavy atom. The van der Waals surface area contributed by atoms with Gasteiger partial charge in [0.25, 0.3) is 0 Å². The Morgan fingerprint density at radius 1 is 1.08 bits per heavy atom. The minimum absolute atomic E-state index is 0.114. The Balaban J connectivity index is 1.84. The van der Waals surface area contributed by atoms with Crippen molar-refractivity contribution in [3.05, 3.63) is 53.3 Å². The van der Waals surface area contributed by atoms with Crippen molar-refractivity contribution in [2.45, 2.75) is 46.0 Å². The summed E-state index contributed by atoms with van der Waals surface area (Å²) in [6, 6.07) is 12.6. The van der Waals surface area contributed by atoms with E-state index in [-0.39, 0.29) is 12.0 Å². The lowest BCUT2D eigenvalue weighted by Gasteiger charge is -2.42. The van der Waals surface area contributed by atoms with E-state index in [4.69, 9.17) is 9.97 Å². The Bertz CT molecular complexity index is 667. The van der Waals surface area contributed by atoms with Crippen LogP contribution >= 0.6 is 0 Å². The second-order valence-corrected chi connectivity index (χ2v) is 7.20. The van der Waals surface area contributed by atoms with Crippen molar-refractivity contribution in [3.63, 3.8) is 0 Å². The summed E-state index contributed by atoms with van der Waals surface area (Å²) < 4.78 is 0. The monoisotopic (exact) mass is 339 g/mol. The van der Waals surface area contributed by atoms with E-state index in [1.165, 1.54) is 5.56 Å². The van der Waals surface area contributed by atoms with Gasteiger partial charge in [0.1, 0.15) is 0 Å². The summed E-state index contributed by atoms with van der Waals surface area (Å²) in [5.74, 6) is 0.835. The van der Waals surface area contributed by atoms with Gasteiger partial charge in [-0.2, -0.15) is 0 Å². The van der Waals surface area contributed by atoms with Crippen LogP contribution in [0.25, 0.3) is 0 Å². The van der Waals surface area contributed by atoms with E-state index in [9.17, 15) is 5.11 Å². The molecule has 1 saturated heterocycles. The number of aliphatic hydroxyl groups is 1. The Hall–Kier alpha value is -1.94. The van der Waals surface area contributed by atoms with Crippen molar-refractivity contribution in [1.29, 1.82) is 0 Å². The van der Waals surface area contributed by atoms with E-state index in [1.54, 1.807) is 0 Å². The molecule has 0 radical (unpaired) electrons. The number of aromatic nitrogens is 2. The molecule has 1 atom stereocenters. The lowest BCUT2D eigenvalue weighted by molar-refractivity contribution is 0.105. The number of aliphatic hydroxyl groups excluding tert-OH is 1. The second kappa shape index (κ2) is 7.96. The van der Waals surface area contributed by atoms with Crippen LogP contribution in [0.3, 0.4) is 0 Å². The molecule has 1 unspecified atom stereocenters. The maximum Gasteiger partial charge on any atom is 0.225 e. The van der Waals surface area contributed by atoms with E-state index >= 15 is 0 Å². The lowest BCUT2D eigenvalue weighted by Crippen LogP contribution is -2.47. The number of anilines is 1. The van der Waals surface area contributed by atoms with Gasteiger partial charge in [-0.15, -0.1) is 0 Å². The number of rotatable bonds is 6. The molecule has 2 heterocycles. The molecular weight excluding hydrogens is 310 g/mol. The van der Waals surface area contributed by atoms with Crippen molar-refractivity contribution < 1.29 is 5.11 Å². The van der Waals surface area contributed by atoms with Crippen molar-refractivity contribution in [3.8, 4) is 0 Å². The number of hydrogen-bond acceptors (Lipinski definition) is 4. The molecule has 0 spiro atoms. The van der Waals surface area contributed by atoms with E-state index < -0.39 is 0 Å². The van der Waals surface area contributed by atoms with Crippen LogP contribution in [0.2, 0.25) is 0 Å². The number of aryl methyl sites for hydroxylation is 2. The molecule has 1 aliphatic rings. The predicted octanol–water partition coefficient (Wildman–Crippen LogP) is 3.42. The lowest BCUT2D eigenvalue weighted by atomic mass is 9.76. The highest BCUT2D eigenvalue weighted by atomic mass is 16.3. The Morgan fingerprint density at radius 3 is 2.36 bits per heavy atom. The van der Waals surface area contributed by atoms with Crippen molar-refractivity contribution in [2.24, 2.45) is 5.41 Å². The first-order chi connectivity index (χ1) is 12.2. The average molecular weight is 339 g/mol. The minimum atomic E-state index is -0.114. The van der Waals surface area contributed by atoms with Gasteiger partial charge >= 0.3 is 0 Å². The topological polar surface area (TPSA) is 49.2 Å². The maximum atomic E-state index is 10.2. The smallest absolute Gasteiger partial charge is 0.225 e. The van der Waals surface area contributed by atoms with Crippen LogP contribution in [0.5, 0.6) is 0 Å². The largest absolute Gasteiger partial charge is 0.396 e. The summed E-state index contributed by atoms with van der Waals surface area (Å²) in [6.45, 7) is 6.25. The molecule has 134 valence electrons. The quantitative estimate of drug-likeness (QED) is 0.876. The first-order valence-electron chi connectivity index (χ1n) is 9.44. The van der Waals surface area contributed by atoms with Crippen LogP contribution in [-0.2, 0) is 19.3 Å². The van der Waals surface area contributed by atoms with Crippen LogP contribution in [0.1, 0.15) is 43.6 Å². The van der Waals surface area contributed by atoms with Crippen LogP contribution in [0.15, 0.2) is 36.4 Å². The average Bonchev–Trinajstić information content (AvgIpc) is 2.68. The molecule has 0 amide bonds. The Kier molecular flexibility index (Phi) is 5.69. The van der Waals surface area contributed by atoms with Crippen molar-refractivity contribution in [2.75, 3.05) is 24.6 Å². The van der Waals surface area contributed by atoms with Crippen molar-refractivity contribution in [1.82, 2.24) is 9.97 Å². The molecule has 1 aromatic carbocycles. The van der Waals surface area contributed by atoms with Crippen LogP contribution in [-0.4, -0.2) is 34.8 Å². The fourth-order valence-electron chi connectivity index (χ4n) is 3.78. The molecule has 0 aliphatic carbocycles. The molecule has 4 heteroatoms. The van der Waals surface area contributed by atoms with Gasteiger partial charge in [0.15, 0.2) is 0 Å². The molecule has 0 bridgehead atoms. The molecule has 1 aromatic heterocycles. The highest BCUT2D eigenvalue weighted by Crippen LogP contribution is 2.34. The fourth-order valence-corrected chi connectivity index (χ4v) is 3.78. The van der Waals surface area contributed by atoms with E-state index in [1.807, 2.05) is 6.07 Å². The molecule has 0 saturated carbocycles. The molecular formula is C21H29N3O. The van der Waals surface area contributed by atoms with Gasteiger partial charge in [0.2, 0.25) is 5.95 Å². The van der Waals surface area contributed by atoms with Gasteiger partial charge in [-0.05, 0) is 43.7 Å². The van der Waals surface area contributed by atoms with Crippen LogP contribution in [0.4, 0.5) is 5.95 Å². The molecule has 1 aliphatic heterocycles. The zero-order valence-corrected chi connectivity index (χ0v) is 15.4. The summed E-state index contributed by atoms with van der Waals surface area (Å²) >= 11 is 0. The highest BCUT2D eigenvalue weighted by molar-refractivity contribution is 5.35. The SMILES string of the molecule is CCc1cc(CC)nc(N2CCCC(CO)(Cc3ccccc3)C2)n1. The van der Waals surface area contributed by atoms with Gasteiger partial charge < -0.3 is 10.0 Å². The summed E-state index contributed by atoms with van der Waals surface area (Å²) in [4.78, 5) is 11.8. The van der Waals surface area contributed by atoms with E-state index in [0.29, 0.717) is 0 Å². The summed E-state index contributed by atoms with van der Waals surface area (Å²) in [6.07, 6.45) is 4.85. The zero-order valence-electron chi connectivity index (χ0n) is 15.4. The van der Waals surface area contributed by atoms with Gasteiger partial charge in [-0.3, -0.25) is 0 Å². The highest BCUT2D eigenvalue weighted by Gasteiger charge is 2.36. The molecule has 25 heavy (non-hydrogen) atoms. The fraction of sp³-hybridized carbons (Fsp3) is 0.524. The van der Waals surface area contributed by atoms with Crippen LogP contribution < -0.4 is 4.90 Å². The summed E-state index contributed by atoms with van der Waals surface area (Å²) in [5.41, 5.74) is 3.38. The molecule has 3 rings (SSSR count). The number of piperidine rings is 1. The number of nitrogens with zero attached hydrogens (tertiary/aromatic N) is 3. The zero-order chi connectivity index (χ0) is 17.7. The maximum absolute atomic E-state index is 10.2. The molecule has 2 aromatic rings. The summed E-state index contributed by atoms with van der Waals surface area (Å²) in [5, 5.41) is 10.2. The third-order valence-corrected chi connectivity index (χ3v) is 5.25. The van der Waals surface area contributed by atoms with Gasteiger partial charge in [0, 0.05) is 29.9 Å². The third-order valence-electron chi connectivity index (χ3n) is 5.25. The molecule has 4 nitrogen and oxygen atoms in total. The molecule has 1 fully saturated rings. The standard InChI is InChI=1S/C21H29N3O/c1-3-18-13-19(4-2)23-20(22-18)24-12-8-11-21(15-24,16-25)14-17-9-6-5-7-10-17/h5-7,9-10,13,25H,3-4,8,11-12,14-16H2,1-2H3. The van der Waals surface area contributed by atoms with Gasteiger partial charge in [-0.1, -0.05) is 44.2 Å². The van der Waals surface area contributed by atoms with Gasteiger partial charge in [0.05, 0.1) is 6.61 Å². The number of hydrogen-bond donors (Lipinski definition) is 1. The number of benzene rings is 1. The summed E-state index contributed by atoms with van der Waals surface area (Å²) in [7, 11) is 0. The second-order valence-electron chi connectivity index (χ2n) is 7.20. The first-order valence-corrected chi connectivity index (χ1v) is 9.44. The van der Waals surface area contributed by atoms with Gasteiger partial charge in [-0.25, -0.2) is 9.97 Å². The normalized spacial score (nSPS) is 20.7. The predicted molar refractivity (Wildman–Crippen MR) is 102 cm³/mol. The van der Waals surface area contributed by atoms with Crippen molar-refractivity contribution >= 4 is 5.95 Å². The van der Waals surface area contributed by atoms with Crippen LogP contribution in [0, 0.1) is 5.41 Å². The first kappa shape index (κ1) is 17.9.